The fraction of sp³-hybridized carbons (Fsp3) is 0.316. The Hall–Kier alpha value is -2.67. The summed E-state index contributed by atoms with van der Waals surface area (Å²) in [7, 11) is 1.30. The summed E-state index contributed by atoms with van der Waals surface area (Å²) in [6, 6.07) is 7.72. The second-order valence-electron chi connectivity index (χ2n) is 6.18. The van der Waals surface area contributed by atoms with Gasteiger partial charge in [-0.3, -0.25) is 9.59 Å². The van der Waals surface area contributed by atoms with Crippen LogP contribution in [-0.4, -0.2) is 30.9 Å². The predicted octanol–water partition coefficient (Wildman–Crippen LogP) is 3.24. The van der Waals surface area contributed by atoms with Crippen LogP contribution in [0.15, 0.2) is 35.7 Å². The van der Waals surface area contributed by atoms with Gasteiger partial charge >= 0.3 is 5.97 Å². The van der Waals surface area contributed by atoms with Gasteiger partial charge in [0, 0.05) is 5.69 Å². The highest BCUT2D eigenvalue weighted by Crippen LogP contribution is 2.19. The van der Waals surface area contributed by atoms with Crippen LogP contribution in [0.4, 0.5) is 5.69 Å². The molecule has 6 nitrogen and oxygen atoms in total. The Bertz CT molecular complexity index is 800. The Kier molecular flexibility index (Phi) is 6.52. The lowest BCUT2D eigenvalue weighted by Gasteiger charge is -2.22. The Labute approximate surface area is 156 Å². The van der Waals surface area contributed by atoms with Gasteiger partial charge in [-0.05, 0) is 42.0 Å². The second kappa shape index (κ2) is 8.62. The number of benzene rings is 1. The third-order valence-electron chi connectivity index (χ3n) is 3.90. The zero-order chi connectivity index (χ0) is 19.3. The van der Waals surface area contributed by atoms with E-state index in [1.807, 2.05) is 20.8 Å². The smallest absolute Gasteiger partial charge is 0.337 e. The molecule has 1 aromatic heterocycles. The fourth-order valence-electron chi connectivity index (χ4n) is 2.37. The lowest BCUT2D eigenvalue weighted by molar-refractivity contribution is -0.118. The van der Waals surface area contributed by atoms with Crippen LogP contribution in [0.25, 0.3) is 0 Å². The van der Waals surface area contributed by atoms with Crippen molar-refractivity contribution in [3.8, 4) is 0 Å². The molecule has 2 rings (SSSR count). The van der Waals surface area contributed by atoms with E-state index < -0.39 is 12.0 Å². The minimum absolute atomic E-state index is 0.108. The molecule has 2 amide bonds. The van der Waals surface area contributed by atoms with Crippen LogP contribution in [0, 0.1) is 12.8 Å². The van der Waals surface area contributed by atoms with Crippen molar-refractivity contribution in [2.24, 2.45) is 5.92 Å². The van der Waals surface area contributed by atoms with Crippen LogP contribution in [0.5, 0.6) is 0 Å². The number of thiophene rings is 1. The number of methoxy groups -OCH3 is 1. The summed E-state index contributed by atoms with van der Waals surface area (Å²) in [4.78, 5) is 37.2. The summed E-state index contributed by atoms with van der Waals surface area (Å²) in [6.07, 6.45) is 0. The van der Waals surface area contributed by atoms with Crippen LogP contribution >= 0.6 is 11.3 Å². The van der Waals surface area contributed by atoms with Gasteiger partial charge in [-0.25, -0.2) is 4.79 Å². The molecule has 138 valence electrons. The molecule has 0 spiro atoms. The molecule has 7 heteroatoms. The number of anilines is 1. The predicted molar refractivity (Wildman–Crippen MR) is 102 cm³/mol. The van der Waals surface area contributed by atoms with Crippen molar-refractivity contribution in [1.29, 1.82) is 0 Å². The molecule has 2 aromatic rings. The van der Waals surface area contributed by atoms with Crippen LogP contribution in [0.2, 0.25) is 0 Å². The number of esters is 1. The van der Waals surface area contributed by atoms with Gasteiger partial charge in [-0.15, -0.1) is 11.3 Å². The van der Waals surface area contributed by atoms with Gasteiger partial charge in [-0.1, -0.05) is 26.0 Å². The maximum absolute atomic E-state index is 12.7. The normalized spacial score (nSPS) is 11.7. The van der Waals surface area contributed by atoms with Crippen molar-refractivity contribution < 1.29 is 19.1 Å². The molecule has 1 aromatic carbocycles. The van der Waals surface area contributed by atoms with E-state index in [1.54, 1.807) is 35.7 Å². The van der Waals surface area contributed by atoms with E-state index in [4.69, 9.17) is 4.74 Å². The third-order valence-corrected chi connectivity index (χ3v) is 4.77. The summed E-state index contributed by atoms with van der Waals surface area (Å²) in [5, 5.41) is 7.38. The molecule has 2 N–H and O–H groups in total. The van der Waals surface area contributed by atoms with Crippen molar-refractivity contribution in [2.45, 2.75) is 26.8 Å². The average Bonchev–Trinajstić information content (AvgIpc) is 3.15. The van der Waals surface area contributed by atoms with Gasteiger partial charge in [-0.2, -0.15) is 0 Å². The summed E-state index contributed by atoms with van der Waals surface area (Å²) in [5.41, 5.74) is 1.66. The van der Waals surface area contributed by atoms with Gasteiger partial charge in [0.1, 0.15) is 6.04 Å². The number of carbonyl (C=O) groups excluding carboxylic acids is 3. The Balaban J connectivity index is 2.17. The highest BCUT2D eigenvalue weighted by atomic mass is 32.1. The van der Waals surface area contributed by atoms with E-state index in [0.29, 0.717) is 16.1 Å². The first-order valence-electron chi connectivity index (χ1n) is 8.17. The van der Waals surface area contributed by atoms with Crippen LogP contribution in [0.3, 0.4) is 0 Å². The van der Waals surface area contributed by atoms with E-state index in [-0.39, 0.29) is 17.7 Å². The molecular weight excluding hydrogens is 352 g/mol. The molecule has 0 bridgehead atoms. The summed E-state index contributed by atoms with van der Waals surface area (Å²) < 4.78 is 4.71. The fourth-order valence-corrected chi connectivity index (χ4v) is 2.99. The highest BCUT2D eigenvalue weighted by molar-refractivity contribution is 7.12. The zero-order valence-corrected chi connectivity index (χ0v) is 16.0. The first kappa shape index (κ1) is 19.7. The molecule has 0 radical (unpaired) electrons. The first-order chi connectivity index (χ1) is 12.3. The zero-order valence-electron chi connectivity index (χ0n) is 15.2. The number of amides is 2. The highest BCUT2D eigenvalue weighted by Gasteiger charge is 2.25. The molecule has 0 fully saturated rings. The third kappa shape index (κ3) is 4.70. The van der Waals surface area contributed by atoms with Gasteiger partial charge in [0.2, 0.25) is 5.91 Å². The second-order valence-corrected chi connectivity index (χ2v) is 7.13. The van der Waals surface area contributed by atoms with Gasteiger partial charge in [0.05, 0.1) is 17.6 Å². The largest absolute Gasteiger partial charge is 0.465 e. The summed E-state index contributed by atoms with van der Waals surface area (Å²) in [6.45, 7) is 5.54. The van der Waals surface area contributed by atoms with Crippen LogP contribution in [0.1, 0.15) is 39.4 Å². The standard InChI is InChI=1S/C19H22N2O4S/c1-11(2)16(21-17(22)15-6-5-9-26-15)18(23)20-14-10-13(19(24)25-4)8-7-12(14)3/h5-11,16H,1-4H3,(H,20,23)(H,21,22)/t16-/m1/s1. The number of rotatable bonds is 6. The number of hydrogen-bond acceptors (Lipinski definition) is 5. The van der Waals surface area contributed by atoms with Crippen molar-refractivity contribution >= 4 is 34.8 Å². The SMILES string of the molecule is COC(=O)c1ccc(C)c(NC(=O)[C@H](NC(=O)c2cccs2)C(C)C)c1. The summed E-state index contributed by atoms with van der Waals surface area (Å²) >= 11 is 1.32. The minimum atomic E-state index is -0.703. The van der Waals surface area contributed by atoms with Crippen molar-refractivity contribution in [2.75, 3.05) is 12.4 Å². The Morgan fingerprint density at radius 2 is 1.88 bits per heavy atom. The van der Waals surface area contributed by atoms with E-state index >= 15 is 0 Å². The molecule has 1 heterocycles. The van der Waals surface area contributed by atoms with Crippen molar-refractivity contribution in [3.05, 3.63) is 51.7 Å². The topological polar surface area (TPSA) is 84.5 Å². The lowest BCUT2D eigenvalue weighted by atomic mass is 10.0. The van der Waals surface area contributed by atoms with Crippen LogP contribution in [-0.2, 0) is 9.53 Å². The van der Waals surface area contributed by atoms with Gasteiger partial charge < -0.3 is 15.4 Å². The average molecular weight is 374 g/mol. The van der Waals surface area contributed by atoms with Crippen LogP contribution < -0.4 is 10.6 Å². The lowest BCUT2D eigenvalue weighted by Crippen LogP contribution is -2.47. The molecule has 0 aliphatic carbocycles. The quantitative estimate of drug-likeness (QED) is 0.760. The first-order valence-corrected chi connectivity index (χ1v) is 9.05. The van der Waals surface area contributed by atoms with E-state index in [0.717, 1.165) is 5.56 Å². The van der Waals surface area contributed by atoms with Crippen molar-refractivity contribution in [1.82, 2.24) is 5.32 Å². The Morgan fingerprint density at radius 3 is 2.46 bits per heavy atom. The molecule has 26 heavy (non-hydrogen) atoms. The van der Waals surface area contributed by atoms with Crippen molar-refractivity contribution in [3.63, 3.8) is 0 Å². The molecule has 0 aliphatic heterocycles. The monoisotopic (exact) mass is 374 g/mol. The number of nitrogens with one attached hydrogen (secondary N) is 2. The molecular formula is C19H22N2O4S. The number of carbonyl (C=O) groups is 3. The maximum atomic E-state index is 12.7. The van der Waals surface area contributed by atoms with E-state index in [1.165, 1.54) is 18.4 Å². The summed E-state index contributed by atoms with van der Waals surface area (Å²) in [5.74, 6) is -1.21. The molecule has 0 saturated carbocycles. The number of ether oxygens (including phenoxy) is 1. The minimum Gasteiger partial charge on any atom is -0.465 e. The number of aryl methyl sites for hydroxylation is 1. The Morgan fingerprint density at radius 1 is 1.15 bits per heavy atom. The maximum Gasteiger partial charge on any atom is 0.337 e. The van der Waals surface area contributed by atoms with E-state index in [2.05, 4.69) is 10.6 Å². The molecule has 1 atom stereocenters. The molecule has 0 unspecified atom stereocenters. The molecule has 0 aliphatic rings. The molecule has 0 saturated heterocycles. The van der Waals surface area contributed by atoms with Gasteiger partial charge in [0.15, 0.2) is 0 Å². The van der Waals surface area contributed by atoms with Gasteiger partial charge in [0.25, 0.3) is 5.91 Å². The number of hydrogen-bond donors (Lipinski definition) is 2. The van der Waals surface area contributed by atoms with E-state index in [9.17, 15) is 14.4 Å².